The molecule has 2 nitrogen and oxygen atoms in total. The second kappa shape index (κ2) is 6.40. The Hall–Kier alpha value is -1.06. The SMILES string of the molecule is CCCNC(C)c1ccc(-c2ccc(C)cc2Br)o1. The maximum absolute atomic E-state index is 5.96. The first-order valence-electron chi connectivity index (χ1n) is 6.71. The zero-order chi connectivity index (χ0) is 13.8. The van der Waals surface area contributed by atoms with Gasteiger partial charge in [0.15, 0.2) is 0 Å². The summed E-state index contributed by atoms with van der Waals surface area (Å²) in [5.41, 5.74) is 2.33. The molecule has 0 saturated carbocycles. The first-order valence-corrected chi connectivity index (χ1v) is 7.50. The van der Waals surface area contributed by atoms with Crippen LogP contribution >= 0.6 is 15.9 Å². The maximum atomic E-state index is 5.96. The van der Waals surface area contributed by atoms with Gasteiger partial charge in [-0.1, -0.05) is 28.9 Å². The van der Waals surface area contributed by atoms with Crippen molar-refractivity contribution in [2.24, 2.45) is 0 Å². The Bertz CT molecular complexity index is 547. The molecule has 1 heterocycles. The molecule has 1 N–H and O–H groups in total. The van der Waals surface area contributed by atoms with E-state index in [4.69, 9.17) is 4.42 Å². The Balaban J connectivity index is 2.20. The van der Waals surface area contributed by atoms with Crippen LogP contribution in [0.4, 0.5) is 0 Å². The van der Waals surface area contributed by atoms with Gasteiger partial charge >= 0.3 is 0 Å². The highest BCUT2D eigenvalue weighted by atomic mass is 79.9. The fourth-order valence-electron chi connectivity index (χ4n) is 2.01. The normalized spacial score (nSPS) is 12.6. The Morgan fingerprint density at radius 1 is 1.26 bits per heavy atom. The monoisotopic (exact) mass is 321 g/mol. The van der Waals surface area contributed by atoms with Gasteiger partial charge in [0.05, 0.1) is 6.04 Å². The molecule has 0 fully saturated rings. The second-order valence-electron chi connectivity index (χ2n) is 4.86. The number of hydrogen-bond donors (Lipinski definition) is 1. The minimum Gasteiger partial charge on any atom is -0.459 e. The third-order valence-electron chi connectivity index (χ3n) is 3.14. The zero-order valence-corrected chi connectivity index (χ0v) is 13.3. The van der Waals surface area contributed by atoms with Gasteiger partial charge in [-0.05, 0) is 56.6 Å². The molecule has 3 heteroatoms. The molecule has 0 spiro atoms. The standard InChI is InChI=1S/C16H20BrNO/c1-4-9-18-12(3)15-7-8-16(19-15)13-6-5-11(2)10-14(13)17/h5-8,10,12,18H,4,9H2,1-3H3. The van der Waals surface area contributed by atoms with E-state index < -0.39 is 0 Å². The molecule has 1 aromatic carbocycles. The van der Waals surface area contributed by atoms with Crippen LogP contribution in [-0.2, 0) is 0 Å². The molecule has 2 aromatic rings. The molecule has 1 atom stereocenters. The Kier molecular flexibility index (Phi) is 4.83. The molecule has 0 saturated heterocycles. The van der Waals surface area contributed by atoms with Crippen LogP contribution in [0.1, 0.15) is 37.6 Å². The van der Waals surface area contributed by atoms with Gasteiger partial charge in [-0.3, -0.25) is 0 Å². The van der Waals surface area contributed by atoms with Crippen LogP contribution in [0.15, 0.2) is 39.2 Å². The molecule has 2 rings (SSSR count). The van der Waals surface area contributed by atoms with Crippen LogP contribution < -0.4 is 5.32 Å². The van der Waals surface area contributed by atoms with Gasteiger partial charge in [0.2, 0.25) is 0 Å². The topological polar surface area (TPSA) is 25.2 Å². The predicted octanol–water partition coefficient (Wildman–Crippen LogP) is 5.08. The van der Waals surface area contributed by atoms with E-state index >= 15 is 0 Å². The molecule has 0 aliphatic rings. The van der Waals surface area contributed by atoms with Crippen LogP contribution in [0.25, 0.3) is 11.3 Å². The summed E-state index contributed by atoms with van der Waals surface area (Å²) in [5.74, 6) is 1.89. The Morgan fingerprint density at radius 2 is 2.05 bits per heavy atom. The first kappa shape index (κ1) is 14.4. The minimum atomic E-state index is 0.248. The molecular formula is C16H20BrNO. The lowest BCUT2D eigenvalue weighted by molar-refractivity contribution is 0.438. The quantitative estimate of drug-likeness (QED) is 0.830. The van der Waals surface area contributed by atoms with Crippen LogP contribution in [0.3, 0.4) is 0 Å². The van der Waals surface area contributed by atoms with Crippen molar-refractivity contribution in [2.75, 3.05) is 6.54 Å². The zero-order valence-electron chi connectivity index (χ0n) is 11.7. The van der Waals surface area contributed by atoms with Gasteiger partial charge < -0.3 is 9.73 Å². The van der Waals surface area contributed by atoms with Crippen molar-refractivity contribution in [2.45, 2.75) is 33.2 Å². The molecule has 0 aliphatic carbocycles. The van der Waals surface area contributed by atoms with Crippen LogP contribution in [0, 0.1) is 6.92 Å². The molecular weight excluding hydrogens is 302 g/mol. The second-order valence-corrected chi connectivity index (χ2v) is 5.72. The third kappa shape index (κ3) is 3.48. The average Bonchev–Trinajstić information content (AvgIpc) is 2.85. The number of aryl methyl sites for hydroxylation is 1. The summed E-state index contributed by atoms with van der Waals surface area (Å²) in [5, 5.41) is 3.43. The Labute approximate surface area is 123 Å². The number of furan rings is 1. The van der Waals surface area contributed by atoms with E-state index in [1.54, 1.807) is 0 Å². The van der Waals surface area contributed by atoms with Gasteiger partial charge in [-0.15, -0.1) is 0 Å². The van der Waals surface area contributed by atoms with Gasteiger partial charge in [-0.2, -0.15) is 0 Å². The molecule has 0 radical (unpaired) electrons. The summed E-state index contributed by atoms with van der Waals surface area (Å²) >= 11 is 3.60. The van der Waals surface area contributed by atoms with Gasteiger partial charge in [0.25, 0.3) is 0 Å². The lowest BCUT2D eigenvalue weighted by Crippen LogP contribution is -2.18. The molecule has 0 aliphatic heterocycles. The highest BCUT2D eigenvalue weighted by Gasteiger charge is 2.12. The Morgan fingerprint density at radius 3 is 2.74 bits per heavy atom. The summed E-state index contributed by atoms with van der Waals surface area (Å²) in [6.45, 7) is 7.38. The average molecular weight is 322 g/mol. The highest BCUT2D eigenvalue weighted by molar-refractivity contribution is 9.10. The van der Waals surface area contributed by atoms with E-state index in [2.05, 4.69) is 66.3 Å². The molecule has 0 amide bonds. The summed E-state index contributed by atoms with van der Waals surface area (Å²) in [7, 11) is 0. The highest BCUT2D eigenvalue weighted by Crippen LogP contribution is 2.31. The predicted molar refractivity (Wildman–Crippen MR) is 83.3 cm³/mol. The maximum Gasteiger partial charge on any atom is 0.135 e. The van der Waals surface area contributed by atoms with Crippen molar-refractivity contribution in [3.05, 3.63) is 46.1 Å². The molecule has 19 heavy (non-hydrogen) atoms. The number of nitrogens with one attached hydrogen (secondary N) is 1. The van der Waals surface area contributed by atoms with E-state index in [0.717, 1.165) is 34.5 Å². The molecule has 0 bridgehead atoms. The van der Waals surface area contributed by atoms with Gasteiger partial charge in [0, 0.05) is 10.0 Å². The summed E-state index contributed by atoms with van der Waals surface area (Å²) in [6.07, 6.45) is 1.13. The fraction of sp³-hybridized carbons (Fsp3) is 0.375. The van der Waals surface area contributed by atoms with Crippen LogP contribution in [-0.4, -0.2) is 6.54 Å². The molecule has 1 unspecified atom stereocenters. The lowest BCUT2D eigenvalue weighted by Gasteiger charge is -2.10. The smallest absolute Gasteiger partial charge is 0.135 e. The van der Waals surface area contributed by atoms with E-state index in [1.165, 1.54) is 5.56 Å². The van der Waals surface area contributed by atoms with Crippen molar-refractivity contribution in [3.8, 4) is 11.3 Å². The molecule has 102 valence electrons. The van der Waals surface area contributed by atoms with Crippen LogP contribution in [0.5, 0.6) is 0 Å². The van der Waals surface area contributed by atoms with Crippen LogP contribution in [0.2, 0.25) is 0 Å². The van der Waals surface area contributed by atoms with Crippen molar-refractivity contribution >= 4 is 15.9 Å². The number of hydrogen-bond acceptors (Lipinski definition) is 2. The van der Waals surface area contributed by atoms with Crippen molar-refractivity contribution < 1.29 is 4.42 Å². The number of rotatable bonds is 5. The summed E-state index contributed by atoms with van der Waals surface area (Å²) in [4.78, 5) is 0. The van der Waals surface area contributed by atoms with Gasteiger partial charge in [-0.25, -0.2) is 0 Å². The van der Waals surface area contributed by atoms with E-state index in [-0.39, 0.29) is 6.04 Å². The molecule has 1 aromatic heterocycles. The van der Waals surface area contributed by atoms with Crippen molar-refractivity contribution in [1.82, 2.24) is 5.32 Å². The number of halogens is 1. The van der Waals surface area contributed by atoms with E-state index in [0.29, 0.717) is 0 Å². The summed E-state index contributed by atoms with van der Waals surface area (Å²) < 4.78 is 7.03. The van der Waals surface area contributed by atoms with E-state index in [1.807, 2.05) is 6.07 Å². The van der Waals surface area contributed by atoms with Crippen molar-refractivity contribution in [1.29, 1.82) is 0 Å². The van der Waals surface area contributed by atoms with Crippen molar-refractivity contribution in [3.63, 3.8) is 0 Å². The lowest BCUT2D eigenvalue weighted by atomic mass is 10.1. The summed E-state index contributed by atoms with van der Waals surface area (Å²) in [6, 6.07) is 10.6. The van der Waals surface area contributed by atoms with Gasteiger partial charge in [0.1, 0.15) is 11.5 Å². The third-order valence-corrected chi connectivity index (χ3v) is 3.80. The number of benzene rings is 1. The fourth-order valence-corrected chi connectivity index (χ4v) is 2.70. The van der Waals surface area contributed by atoms with E-state index in [9.17, 15) is 0 Å². The first-order chi connectivity index (χ1) is 9.11. The largest absolute Gasteiger partial charge is 0.459 e. The minimum absolute atomic E-state index is 0.248.